The number of ether oxygens (including phenoxy) is 3. The van der Waals surface area contributed by atoms with Gasteiger partial charge in [-0.25, -0.2) is 19.6 Å². The molecule has 2 aliphatic carbocycles. The molecule has 1 aromatic carbocycles. The number of anilines is 1. The topological polar surface area (TPSA) is 195 Å². The van der Waals surface area contributed by atoms with E-state index in [1.807, 2.05) is 18.2 Å². The van der Waals surface area contributed by atoms with Gasteiger partial charge in [0.25, 0.3) is 0 Å². The van der Waals surface area contributed by atoms with Crippen molar-refractivity contribution in [1.82, 2.24) is 25.5 Å². The van der Waals surface area contributed by atoms with Crippen LogP contribution >= 0.6 is 11.3 Å². The number of aromatic nitrogens is 2. The number of aliphatic carboxylic acids is 1. The van der Waals surface area contributed by atoms with Gasteiger partial charge in [0, 0.05) is 35.2 Å². The van der Waals surface area contributed by atoms with Gasteiger partial charge in [-0.2, -0.15) is 0 Å². The van der Waals surface area contributed by atoms with Crippen LogP contribution < -0.4 is 25.8 Å². The fourth-order valence-corrected chi connectivity index (χ4v) is 8.15. The quantitative estimate of drug-likeness (QED) is 0.243. The number of nitrogen functional groups attached to an aromatic ring is 1. The van der Waals surface area contributed by atoms with Crippen molar-refractivity contribution in [2.75, 3.05) is 19.4 Å². The third kappa shape index (κ3) is 7.50. The van der Waals surface area contributed by atoms with Gasteiger partial charge in [0.15, 0.2) is 5.13 Å². The molecular weight excluding hydrogens is 689 g/mol. The maximum absolute atomic E-state index is 14.5. The van der Waals surface area contributed by atoms with Gasteiger partial charge in [-0.05, 0) is 63.5 Å². The molecule has 3 amide bonds. The van der Waals surface area contributed by atoms with Gasteiger partial charge in [-0.3, -0.25) is 9.59 Å². The van der Waals surface area contributed by atoms with Gasteiger partial charge >= 0.3 is 12.1 Å². The average Bonchev–Trinajstić information content (AvgIpc) is 3.54. The van der Waals surface area contributed by atoms with Crippen molar-refractivity contribution >= 4 is 51.2 Å². The number of fused-ring (bicyclic) bond motifs is 3. The average molecular weight is 733 g/mol. The molecule has 2 aliphatic heterocycles. The lowest BCUT2D eigenvalue weighted by atomic mass is 10.0. The first-order valence-electron chi connectivity index (χ1n) is 18.0. The van der Waals surface area contributed by atoms with Crippen molar-refractivity contribution < 1.29 is 38.5 Å². The van der Waals surface area contributed by atoms with Crippen LogP contribution in [0.15, 0.2) is 41.8 Å². The van der Waals surface area contributed by atoms with Gasteiger partial charge < -0.3 is 40.6 Å². The lowest BCUT2D eigenvalue weighted by Crippen LogP contribution is -2.56. The van der Waals surface area contributed by atoms with Crippen LogP contribution in [0.25, 0.3) is 22.3 Å². The van der Waals surface area contributed by atoms with E-state index in [-0.39, 0.29) is 31.4 Å². The molecule has 0 radical (unpaired) electrons. The summed E-state index contributed by atoms with van der Waals surface area (Å²) in [5, 5.41) is 18.7. The first-order valence-corrected chi connectivity index (χ1v) is 18.9. The maximum Gasteiger partial charge on any atom is 0.408 e. The van der Waals surface area contributed by atoms with Crippen molar-refractivity contribution in [1.29, 1.82) is 0 Å². The molecule has 0 bridgehead atoms. The van der Waals surface area contributed by atoms with Gasteiger partial charge in [0.2, 0.25) is 11.8 Å². The number of nitrogens with one attached hydrogen (secondary N) is 2. The summed E-state index contributed by atoms with van der Waals surface area (Å²) in [7, 11) is 1.57. The summed E-state index contributed by atoms with van der Waals surface area (Å²) >= 11 is 1.28. The van der Waals surface area contributed by atoms with Crippen molar-refractivity contribution in [2.24, 2.45) is 5.92 Å². The highest BCUT2D eigenvalue weighted by atomic mass is 32.1. The number of pyridine rings is 1. The molecule has 2 aromatic heterocycles. The third-order valence-corrected chi connectivity index (χ3v) is 11.2. The molecule has 276 valence electrons. The Morgan fingerprint density at radius 2 is 1.87 bits per heavy atom. The first kappa shape index (κ1) is 35.5. The highest BCUT2D eigenvalue weighted by Crippen LogP contribution is 2.45. The minimum Gasteiger partial charge on any atom is -0.497 e. The molecule has 2 saturated carbocycles. The predicted molar refractivity (Wildman–Crippen MR) is 193 cm³/mol. The van der Waals surface area contributed by atoms with Crippen LogP contribution in [0, 0.1) is 5.92 Å². The summed E-state index contributed by atoms with van der Waals surface area (Å²) < 4.78 is 17.7. The van der Waals surface area contributed by atoms with E-state index >= 15 is 0 Å². The molecule has 7 rings (SSSR count). The number of carboxylic acid groups (broad SMARTS) is 1. The number of amides is 3. The Kier molecular flexibility index (Phi) is 10.2. The Balaban J connectivity index is 1.20. The molecule has 0 spiro atoms. The van der Waals surface area contributed by atoms with Gasteiger partial charge in [0.1, 0.15) is 47.0 Å². The number of hydrogen-bond acceptors (Lipinski definition) is 11. The first-order chi connectivity index (χ1) is 25.1. The normalized spacial score (nSPS) is 27.4. The summed E-state index contributed by atoms with van der Waals surface area (Å²) in [6, 6.07) is 5.16. The summed E-state index contributed by atoms with van der Waals surface area (Å²) in [6.07, 6.45) is 9.64. The van der Waals surface area contributed by atoms with E-state index in [1.54, 1.807) is 30.7 Å². The second-order valence-electron chi connectivity index (χ2n) is 14.1. The zero-order valence-corrected chi connectivity index (χ0v) is 29.9. The molecule has 3 fully saturated rings. The molecular formula is C37H44N6O8S. The molecule has 1 unspecified atom stereocenters. The molecule has 5 atom stereocenters. The number of rotatable bonds is 7. The highest BCUT2D eigenvalue weighted by molar-refractivity contribution is 7.13. The zero-order valence-electron chi connectivity index (χ0n) is 29.0. The molecule has 14 nitrogen and oxygen atoms in total. The number of nitrogens with two attached hydrogens (primary N) is 1. The summed E-state index contributed by atoms with van der Waals surface area (Å²) in [5.41, 5.74) is 6.15. The number of thiazole rings is 1. The van der Waals surface area contributed by atoms with Crippen LogP contribution in [0.4, 0.5) is 9.93 Å². The van der Waals surface area contributed by atoms with Crippen molar-refractivity contribution in [3.05, 3.63) is 41.8 Å². The zero-order chi connectivity index (χ0) is 36.4. The Morgan fingerprint density at radius 3 is 2.62 bits per heavy atom. The van der Waals surface area contributed by atoms with E-state index in [0.717, 1.165) is 44.9 Å². The standard InChI is InChI=1S/C37H44N6O8S/c1-49-23-13-14-25-27(15-23)39-28(29-20-52-35(38)40-29)17-31(25)50-24-16-30-32(44)42-37(34(46)47)18-21(37)9-5-3-2-4-6-12-26(33(45)43(30)19-24)41-36(48)51-22-10-7-8-11-22/h5,9,13-15,17,20-22,24,26,30H,2-4,6-8,10-12,16,18-19H2,1H3,(H2,38,40)(H,41,48)(H,42,44)(H,46,47)/b9-5-/t21?,24-,26+,30+,37-/m1/s1. The largest absolute Gasteiger partial charge is 0.497 e. The number of hydrogen-bond donors (Lipinski definition) is 4. The summed E-state index contributed by atoms with van der Waals surface area (Å²) in [6.45, 7) is 0.0229. The second-order valence-corrected chi connectivity index (χ2v) is 15.0. The Morgan fingerprint density at radius 1 is 1.06 bits per heavy atom. The van der Waals surface area contributed by atoms with E-state index in [9.17, 15) is 24.3 Å². The van der Waals surface area contributed by atoms with Crippen molar-refractivity contribution in [2.45, 2.75) is 100 Å². The third-order valence-electron chi connectivity index (χ3n) is 10.5. The Hall–Kier alpha value is -4.92. The smallest absolute Gasteiger partial charge is 0.408 e. The van der Waals surface area contributed by atoms with Crippen molar-refractivity contribution in [3.63, 3.8) is 0 Å². The van der Waals surface area contributed by atoms with Crippen LogP contribution in [-0.4, -0.2) is 87.3 Å². The number of nitrogens with zero attached hydrogens (tertiary/aromatic N) is 3. The van der Waals surface area contributed by atoms with E-state index in [4.69, 9.17) is 24.9 Å². The molecule has 3 aromatic rings. The van der Waals surface area contributed by atoms with Crippen LogP contribution in [0.3, 0.4) is 0 Å². The Labute approximate surface area is 305 Å². The number of carboxylic acids is 1. The van der Waals surface area contributed by atoms with E-state index in [1.165, 1.54) is 16.2 Å². The lowest BCUT2D eigenvalue weighted by molar-refractivity contribution is -0.145. The van der Waals surface area contributed by atoms with Crippen LogP contribution in [0.5, 0.6) is 11.5 Å². The van der Waals surface area contributed by atoms with E-state index in [0.29, 0.717) is 51.8 Å². The number of benzene rings is 1. The maximum atomic E-state index is 14.5. The van der Waals surface area contributed by atoms with Gasteiger partial charge in [0.05, 0.1) is 24.9 Å². The molecule has 52 heavy (non-hydrogen) atoms. The van der Waals surface area contributed by atoms with E-state index in [2.05, 4.69) is 15.6 Å². The highest BCUT2D eigenvalue weighted by Gasteiger charge is 2.61. The van der Waals surface area contributed by atoms with Gasteiger partial charge in [-0.1, -0.05) is 25.0 Å². The lowest BCUT2D eigenvalue weighted by Gasteiger charge is -2.29. The van der Waals surface area contributed by atoms with Crippen LogP contribution in [0.2, 0.25) is 0 Å². The predicted octanol–water partition coefficient (Wildman–Crippen LogP) is 4.81. The minimum absolute atomic E-state index is 0.0229. The van der Waals surface area contributed by atoms with Crippen LogP contribution in [-0.2, 0) is 19.1 Å². The minimum atomic E-state index is -1.45. The molecule has 1 saturated heterocycles. The summed E-state index contributed by atoms with van der Waals surface area (Å²) in [5.74, 6) is -1.44. The fourth-order valence-electron chi connectivity index (χ4n) is 7.60. The fraction of sp³-hybridized carbons (Fsp3) is 0.514. The number of carbonyl (C=O) groups is 4. The summed E-state index contributed by atoms with van der Waals surface area (Å²) in [4.78, 5) is 64.8. The monoisotopic (exact) mass is 732 g/mol. The molecule has 4 aliphatic rings. The second kappa shape index (κ2) is 15.0. The SMILES string of the molecule is COc1ccc2c(O[C@@H]3C[C@H]4C(=O)N[C@]5(C(=O)O)CC5/C=C\CCCCC[C@H](NC(=O)OC5CCCC5)C(=O)N4C3)cc(-c3csc(N)n3)nc2c1. The Bertz CT molecular complexity index is 1880. The number of alkyl carbamates (subject to hydrolysis) is 1. The van der Waals surface area contributed by atoms with Crippen LogP contribution in [0.1, 0.15) is 70.6 Å². The number of carbonyl (C=O) groups excluding carboxylic acids is 3. The van der Waals surface area contributed by atoms with Gasteiger partial charge in [-0.15, -0.1) is 11.3 Å². The van der Waals surface area contributed by atoms with E-state index < -0.39 is 47.6 Å². The molecule has 15 heteroatoms. The molecule has 5 N–H and O–H groups in total. The van der Waals surface area contributed by atoms with Crippen molar-refractivity contribution in [3.8, 4) is 22.9 Å². The number of allylic oxidation sites excluding steroid dienone is 1. The number of methoxy groups -OCH3 is 1. The molecule has 4 heterocycles.